The van der Waals surface area contributed by atoms with Crippen molar-refractivity contribution >= 4 is 21.6 Å². The van der Waals surface area contributed by atoms with E-state index in [1.807, 2.05) is 0 Å². The van der Waals surface area contributed by atoms with E-state index in [-0.39, 0.29) is 22.2 Å². The normalized spacial score (nSPS) is 12.0. The summed E-state index contributed by atoms with van der Waals surface area (Å²) >= 11 is 0. The van der Waals surface area contributed by atoms with E-state index >= 15 is 0 Å². The Morgan fingerprint density at radius 3 is 2.45 bits per heavy atom. The van der Waals surface area contributed by atoms with Gasteiger partial charge in [-0.2, -0.15) is 0 Å². The van der Waals surface area contributed by atoms with Crippen molar-refractivity contribution in [1.82, 2.24) is 4.90 Å². The topological polar surface area (TPSA) is 66.5 Å². The molecule has 0 heterocycles. The van der Waals surface area contributed by atoms with E-state index in [0.717, 1.165) is 0 Å². The lowest BCUT2D eigenvalue weighted by Crippen LogP contribution is -2.22. The van der Waals surface area contributed by atoms with Crippen molar-refractivity contribution < 1.29 is 17.6 Å². The van der Waals surface area contributed by atoms with Crippen LogP contribution in [0.25, 0.3) is 0 Å². The maximum absolute atomic E-state index is 13.2. The van der Waals surface area contributed by atoms with Gasteiger partial charge in [0.25, 0.3) is 10.0 Å². The molecular weight excluding hydrogens is 307 g/mol. The van der Waals surface area contributed by atoms with Crippen molar-refractivity contribution in [3.63, 3.8) is 0 Å². The molecule has 0 saturated carbocycles. The number of carbonyl (C=O) groups excluding carboxylic acids is 1. The monoisotopic (exact) mass is 326 g/mol. The number of benzene rings is 1. The first-order valence-electron chi connectivity index (χ1n) is 6.45. The van der Waals surface area contributed by atoms with Crippen molar-refractivity contribution in [2.45, 2.75) is 20.8 Å². The van der Waals surface area contributed by atoms with Crippen LogP contribution in [-0.4, -0.2) is 26.3 Å². The summed E-state index contributed by atoms with van der Waals surface area (Å²) < 4.78 is 40.0. The number of hydrogen-bond acceptors (Lipinski definition) is 3. The fourth-order valence-electron chi connectivity index (χ4n) is 1.56. The number of rotatable bonds is 5. The molecule has 0 aliphatic heterocycles. The summed E-state index contributed by atoms with van der Waals surface area (Å²) in [5.41, 5.74) is 0.852. The van der Waals surface area contributed by atoms with E-state index in [1.165, 1.54) is 50.1 Å². The largest absolute Gasteiger partial charge is 0.316 e. The van der Waals surface area contributed by atoms with Crippen LogP contribution in [0.2, 0.25) is 0 Å². The minimum atomic E-state index is -3.81. The van der Waals surface area contributed by atoms with E-state index in [2.05, 4.69) is 11.3 Å². The molecule has 1 amide bonds. The van der Waals surface area contributed by atoms with Gasteiger partial charge in [-0.05, 0) is 43.7 Å². The number of nitrogens with one attached hydrogen (secondary N) is 1. The van der Waals surface area contributed by atoms with Gasteiger partial charge in [0.15, 0.2) is 0 Å². The number of likely N-dealkylation sites (N-methyl/N-ethyl adjacent to an activating group) is 1. The summed E-state index contributed by atoms with van der Waals surface area (Å²) in [6.07, 6.45) is 1.29. The summed E-state index contributed by atoms with van der Waals surface area (Å²) in [7, 11) is -2.31. The zero-order valence-electron chi connectivity index (χ0n) is 13.0. The highest BCUT2D eigenvalue weighted by Gasteiger charge is 2.15. The third kappa shape index (κ3) is 4.42. The van der Waals surface area contributed by atoms with E-state index in [1.54, 1.807) is 6.92 Å². The molecule has 5 nitrogen and oxygen atoms in total. The second-order valence-corrected chi connectivity index (χ2v) is 6.75. The first kappa shape index (κ1) is 17.9. The SMILES string of the molecule is C=C(/C=C(\C)S(=O)(=O)Nc1ccc(F)c(C)c1)N(C)C(C)=O. The molecule has 120 valence electrons. The Bertz CT molecular complexity index is 739. The fourth-order valence-corrected chi connectivity index (χ4v) is 2.44. The second-order valence-electron chi connectivity index (χ2n) is 4.89. The van der Waals surface area contributed by atoms with Crippen LogP contribution in [0.3, 0.4) is 0 Å². The number of carbonyl (C=O) groups is 1. The van der Waals surface area contributed by atoms with Gasteiger partial charge in [0.2, 0.25) is 5.91 Å². The molecule has 0 radical (unpaired) electrons. The minimum absolute atomic E-state index is 0.00687. The van der Waals surface area contributed by atoms with Crippen LogP contribution in [0.5, 0.6) is 0 Å². The molecule has 0 atom stereocenters. The predicted molar refractivity (Wildman–Crippen MR) is 85.0 cm³/mol. The van der Waals surface area contributed by atoms with Gasteiger partial charge in [-0.25, -0.2) is 12.8 Å². The van der Waals surface area contributed by atoms with Crippen LogP contribution < -0.4 is 4.72 Å². The van der Waals surface area contributed by atoms with Gasteiger partial charge >= 0.3 is 0 Å². The third-order valence-corrected chi connectivity index (χ3v) is 4.58. The van der Waals surface area contributed by atoms with Crippen molar-refractivity contribution in [3.8, 4) is 0 Å². The molecule has 0 fully saturated rings. The molecule has 1 aromatic carbocycles. The molecule has 0 aliphatic rings. The number of anilines is 1. The van der Waals surface area contributed by atoms with Gasteiger partial charge < -0.3 is 4.90 Å². The maximum atomic E-state index is 13.2. The van der Waals surface area contributed by atoms with Gasteiger partial charge in [-0.1, -0.05) is 6.58 Å². The Labute approximate surface area is 130 Å². The predicted octanol–water partition coefficient (Wildman–Crippen LogP) is 2.77. The lowest BCUT2D eigenvalue weighted by atomic mass is 10.2. The highest BCUT2D eigenvalue weighted by atomic mass is 32.2. The molecule has 1 rings (SSSR count). The zero-order chi connectivity index (χ0) is 17.1. The average molecular weight is 326 g/mol. The van der Waals surface area contributed by atoms with E-state index in [0.29, 0.717) is 5.56 Å². The van der Waals surface area contributed by atoms with E-state index in [4.69, 9.17) is 0 Å². The number of sulfonamides is 1. The number of hydrogen-bond donors (Lipinski definition) is 1. The molecule has 0 bridgehead atoms. The molecule has 1 N–H and O–H groups in total. The van der Waals surface area contributed by atoms with Crippen LogP contribution in [-0.2, 0) is 14.8 Å². The van der Waals surface area contributed by atoms with E-state index in [9.17, 15) is 17.6 Å². The summed E-state index contributed by atoms with van der Waals surface area (Å²) in [5.74, 6) is -0.666. The molecule has 0 aromatic heterocycles. The smallest absolute Gasteiger partial charge is 0.257 e. The van der Waals surface area contributed by atoms with Gasteiger partial charge in [-0.15, -0.1) is 0 Å². The fraction of sp³-hybridized carbons (Fsp3) is 0.267. The number of amides is 1. The average Bonchev–Trinajstić information content (AvgIpc) is 2.41. The van der Waals surface area contributed by atoms with Gasteiger partial charge in [0, 0.05) is 25.4 Å². The Morgan fingerprint density at radius 2 is 1.95 bits per heavy atom. The van der Waals surface area contributed by atoms with Gasteiger partial charge in [0.1, 0.15) is 5.82 Å². The van der Waals surface area contributed by atoms with Crippen molar-refractivity contribution in [2.75, 3.05) is 11.8 Å². The summed E-state index contributed by atoms with van der Waals surface area (Å²) in [6.45, 7) is 7.93. The standard InChI is InChI=1S/C15H19FN2O3S/c1-10-8-14(6-7-15(10)16)17-22(20,21)12(3)9-11(2)18(5)13(4)19/h6-9,17H,2H2,1,3-5H3/b12-9+. The van der Waals surface area contributed by atoms with Crippen LogP contribution >= 0.6 is 0 Å². The number of halogens is 1. The highest BCUT2D eigenvalue weighted by molar-refractivity contribution is 7.96. The zero-order valence-corrected chi connectivity index (χ0v) is 13.8. The third-order valence-electron chi connectivity index (χ3n) is 3.11. The van der Waals surface area contributed by atoms with Crippen LogP contribution in [0.1, 0.15) is 19.4 Å². The van der Waals surface area contributed by atoms with Gasteiger partial charge in [-0.3, -0.25) is 9.52 Å². The molecule has 22 heavy (non-hydrogen) atoms. The Morgan fingerprint density at radius 1 is 1.36 bits per heavy atom. The van der Waals surface area contributed by atoms with Crippen LogP contribution in [0.4, 0.5) is 10.1 Å². The highest BCUT2D eigenvalue weighted by Crippen LogP contribution is 2.18. The molecular formula is C15H19FN2O3S. The second kappa shape index (κ2) is 6.74. The molecule has 0 aliphatic carbocycles. The van der Waals surface area contributed by atoms with Crippen molar-refractivity contribution in [2.24, 2.45) is 0 Å². The van der Waals surface area contributed by atoms with E-state index < -0.39 is 15.8 Å². The molecule has 0 spiro atoms. The lowest BCUT2D eigenvalue weighted by Gasteiger charge is -2.16. The lowest BCUT2D eigenvalue weighted by molar-refractivity contribution is -0.125. The minimum Gasteiger partial charge on any atom is -0.316 e. The van der Waals surface area contributed by atoms with Crippen LogP contribution in [0.15, 0.2) is 41.5 Å². The number of nitrogens with zero attached hydrogens (tertiary/aromatic N) is 1. The molecule has 1 aromatic rings. The maximum Gasteiger partial charge on any atom is 0.257 e. The summed E-state index contributed by atoms with van der Waals surface area (Å²) in [4.78, 5) is 12.4. The molecule has 0 saturated heterocycles. The number of allylic oxidation sites excluding steroid dienone is 2. The first-order valence-corrected chi connectivity index (χ1v) is 7.93. The Balaban J connectivity index is 3.00. The summed E-state index contributed by atoms with van der Waals surface area (Å²) in [6, 6.07) is 3.93. The van der Waals surface area contributed by atoms with Crippen LogP contribution in [0, 0.1) is 12.7 Å². The Kier molecular flexibility index (Phi) is 5.48. The first-order chi connectivity index (χ1) is 10.0. The summed E-state index contributed by atoms with van der Waals surface area (Å²) in [5, 5.41) is 0. The molecule has 7 heteroatoms. The van der Waals surface area contributed by atoms with Gasteiger partial charge in [0.05, 0.1) is 4.91 Å². The van der Waals surface area contributed by atoms with Crippen molar-refractivity contribution in [3.05, 3.63) is 52.8 Å². The number of aryl methyl sites for hydroxylation is 1. The van der Waals surface area contributed by atoms with Crippen molar-refractivity contribution in [1.29, 1.82) is 0 Å². The quantitative estimate of drug-likeness (QED) is 0.846. The Hall–Kier alpha value is -2.15. The molecule has 0 unspecified atom stereocenters.